The standard InChI is InChI=1S/C39H24N2.C25H23BN2O2.C20H13Br/c1-2-10-29-28(9-1)24-34(31-12-4-3-11-30(29)31)26-19-17-25(18-20-26)27-21-22-33-35(23-27)32-13-5-7-15-37(32)41-38-16-8-6-14-36(38)40-39(33)41;1-24(2)25(3,4)30-26(29-24)16-13-14-18-19(15-16)17-9-5-7-11-21(17)28-22-12-8-6-10-20(22)27-23(18)28;21-16-11-9-14(10-12-16)20-13-15-5-1-2-6-17(15)18-7-3-4-8-19(18)20/h1-24H;5-15H,1-4H3;1-13H. The quantitative estimate of drug-likeness (QED) is 0.130. The first-order chi connectivity index (χ1) is 45.0. The fourth-order valence-corrected chi connectivity index (χ4v) is 14.3. The van der Waals surface area contributed by atoms with Crippen LogP contribution >= 0.6 is 15.9 Å². The van der Waals surface area contributed by atoms with Crippen molar-refractivity contribution in [1.29, 1.82) is 0 Å². The Morgan fingerprint density at radius 1 is 0.304 bits per heavy atom. The Labute approximate surface area is 540 Å². The second kappa shape index (κ2) is 21.9. The van der Waals surface area contributed by atoms with Gasteiger partial charge < -0.3 is 9.31 Å². The van der Waals surface area contributed by atoms with Gasteiger partial charge in [-0.05, 0) is 193 Å². The van der Waals surface area contributed by atoms with Gasteiger partial charge in [-0.1, -0.05) is 234 Å². The van der Waals surface area contributed by atoms with Crippen LogP contribution in [0.4, 0.5) is 0 Å². The Bertz CT molecular complexity index is 5980. The molecule has 0 amide bonds. The number of nitrogens with zero attached hydrogens (tertiary/aromatic N) is 4. The van der Waals surface area contributed by atoms with Crippen molar-refractivity contribution in [1.82, 2.24) is 18.8 Å². The highest BCUT2D eigenvalue weighted by atomic mass is 79.9. The molecule has 0 aliphatic carbocycles. The fourth-order valence-electron chi connectivity index (χ4n) is 14.0. The van der Waals surface area contributed by atoms with Crippen LogP contribution in [0.25, 0.3) is 153 Å². The fraction of sp³-hybridized carbons (Fsp3) is 0.0714. The largest absolute Gasteiger partial charge is 0.494 e. The number of benzene rings is 14. The zero-order valence-electron chi connectivity index (χ0n) is 51.3. The Kier molecular flexibility index (Phi) is 13.2. The van der Waals surface area contributed by atoms with Gasteiger partial charge in [0.15, 0.2) is 0 Å². The summed E-state index contributed by atoms with van der Waals surface area (Å²) in [5.41, 5.74) is 16.4. The van der Waals surface area contributed by atoms with E-state index in [4.69, 9.17) is 19.3 Å². The highest BCUT2D eigenvalue weighted by molar-refractivity contribution is 9.10. The lowest BCUT2D eigenvalue weighted by Gasteiger charge is -2.32. The van der Waals surface area contributed by atoms with E-state index >= 15 is 0 Å². The molecule has 1 saturated heterocycles. The van der Waals surface area contributed by atoms with Gasteiger partial charge in [-0.2, -0.15) is 0 Å². The summed E-state index contributed by atoms with van der Waals surface area (Å²) in [6, 6.07) is 104. The van der Waals surface area contributed by atoms with E-state index in [1.165, 1.54) is 109 Å². The van der Waals surface area contributed by atoms with Crippen LogP contribution in [0.3, 0.4) is 0 Å². The second-order valence-corrected chi connectivity index (χ2v) is 26.1. The maximum absolute atomic E-state index is 6.30. The van der Waals surface area contributed by atoms with E-state index in [9.17, 15) is 0 Å². The Morgan fingerprint density at radius 3 is 1.17 bits per heavy atom. The molecule has 1 aliphatic heterocycles. The van der Waals surface area contributed by atoms with Crippen molar-refractivity contribution in [2.75, 3.05) is 0 Å². The van der Waals surface area contributed by atoms with Crippen molar-refractivity contribution < 1.29 is 9.31 Å². The Morgan fingerprint density at radius 2 is 0.674 bits per heavy atom. The molecule has 8 heteroatoms. The van der Waals surface area contributed by atoms with Crippen molar-refractivity contribution in [3.05, 3.63) is 296 Å². The van der Waals surface area contributed by atoms with Gasteiger partial charge in [-0.25, -0.2) is 9.97 Å². The van der Waals surface area contributed by atoms with Crippen LogP contribution in [0.1, 0.15) is 27.7 Å². The van der Waals surface area contributed by atoms with Crippen molar-refractivity contribution in [2.45, 2.75) is 38.9 Å². The van der Waals surface area contributed by atoms with Crippen LogP contribution in [0.5, 0.6) is 0 Å². The Hall–Kier alpha value is -10.5. The summed E-state index contributed by atoms with van der Waals surface area (Å²) in [5.74, 6) is 0. The summed E-state index contributed by atoms with van der Waals surface area (Å²) in [6.45, 7) is 8.35. The van der Waals surface area contributed by atoms with E-state index in [1.807, 2.05) is 6.07 Å². The van der Waals surface area contributed by atoms with E-state index < -0.39 is 0 Å². The number of hydrogen-bond acceptors (Lipinski definition) is 4. The molecule has 18 aromatic rings. The number of rotatable bonds is 4. The molecule has 1 fully saturated rings. The summed E-state index contributed by atoms with van der Waals surface area (Å²) in [7, 11) is -0.381. The van der Waals surface area contributed by atoms with Crippen molar-refractivity contribution in [2.24, 2.45) is 0 Å². The second-order valence-electron chi connectivity index (χ2n) is 25.2. The van der Waals surface area contributed by atoms with E-state index in [1.54, 1.807) is 0 Å². The molecule has 92 heavy (non-hydrogen) atoms. The van der Waals surface area contributed by atoms with Crippen molar-refractivity contribution in [3.63, 3.8) is 0 Å². The minimum Gasteiger partial charge on any atom is -0.399 e. The van der Waals surface area contributed by atoms with Crippen LogP contribution < -0.4 is 5.46 Å². The number of pyridine rings is 2. The lowest BCUT2D eigenvalue weighted by atomic mass is 9.78. The van der Waals surface area contributed by atoms with Crippen LogP contribution in [-0.4, -0.2) is 37.1 Å². The SMILES string of the molecule is Brc1ccc(-c2cc3ccccc3c3ccccc23)cc1.CC1(C)OB(c2ccc3c(c2)c2ccccc2n2c4ccccc4nc32)OC1(C)C.c1ccc2c(c1)cc(-c1ccc(-c3ccc4c(c3)c3ccccc3n3c5ccccc5nc43)cc1)c1ccccc12. The number of hydrogen-bond donors (Lipinski definition) is 0. The van der Waals surface area contributed by atoms with Crippen LogP contribution in [0.15, 0.2) is 296 Å². The minimum absolute atomic E-state index is 0.362. The van der Waals surface area contributed by atoms with E-state index in [0.29, 0.717) is 0 Å². The average molecular weight is 1250 g/mol. The monoisotopic (exact) mass is 1250 g/mol. The molecule has 0 N–H and O–H groups in total. The highest BCUT2D eigenvalue weighted by Gasteiger charge is 2.51. The molecule has 438 valence electrons. The molecule has 6 nitrogen and oxygen atoms in total. The van der Waals surface area contributed by atoms with Crippen molar-refractivity contribution in [3.8, 4) is 33.4 Å². The van der Waals surface area contributed by atoms with Gasteiger partial charge >= 0.3 is 7.12 Å². The maximum Gasteiger partial charge on any atom is 0.494 e. The molecule has 0 atom stereocenters. The van der Waals surface area contributed by atoms with Crippen LogP contribution in [0.2, 0.25) is 0 Å². The minimum atomic E-state index is -0.381. The van der Waals surface area contributed by atoms with Crippen molar-refractivity contribution >= 4 is 148 Å². The third kappa shape index (κ3) is 9.23. The van der Waals surface area contributed by atoms with E-state index in [-0.39, 0.29) is 18.3 Å². The van der Waals surface area contributed by atoms with E-state index in [2.05, 4.69) is 338 Å². The number of imidazole rings is 2. The maximum atomic E-state index is 6.30. The number of aromatic nitrogens is 4. The molecule has 0 radical (unpaired) electrons. The predicted molar refractivity (Wildman–Crippen MR) is 392 cm³/mol. The topological polar surface area (TPSA) is 53.1 Å². The molecular weight excluding hydrogens is 1190 g/mol. The van der Waals surface area contributed by atoms with E-state index in [0.717, 1.165) is 54.2 Å². The summed E-state index contributed by atoms with van der Waals surface area (Å²) < 4.78 is 18.3. The summed E-state index contributed by atoms with van der Waals surface area (Å²) >= 11 is 3.51. The number of para-hydroxylation sites is 6. The van der Waals surface area contributed by atoms with Crippen LogP contribution in [-0.2, 0) is 9.31 Å². The number of fused-ring (bicyclic) bond motifs is 22. The van der Waals surface area contributed by atoms with Gasteiger partial charge in [0.05, 0.1) is 44.3 Å². The lowest BCUT2D eigenvalue weighted by Crippen LogP contribution is -2.41. The van der Waals surface area contributed by atoms with Gasteiger partial charge in [-0.15, -0.1) is 0 Å². The first-order valence-corrected chi connectivity index (χ1v) is 32.3. The van der Waals surface area contributed by atoms with Gasteiger partial charge in [-0.3, -0.25) is 8.80 Å². The zero-order valence-corrected chi connectivity index (χ0v) is 52.9. The first-order valence-electron chi connectivity index (χ1n) is 31.5. The summed E-state index contributed by atoms with van der Waals surface area (Å²) in [5, 5.41) is 17.5. The van der Waals surface area contributed by atoms with Crippen LogP contribution in [0, 0.1) is 0 Å². The third-order valence-electron chi connectivity index (χ3n) is 19.3. The molecule has 0 spiro atoms. The molecule has 14 aromatic carbocycles. The molecule has 0 saturated carbocycles. The average Bonchev–Trinajstić information content (AvgIpc) is 1.53. The molecule has 5 heterocycles. The molecule has 1 aliphatic rings. The molecule has 0 bridgehead atoms. The molecule has 0 unspecified atom stereocenters. The summed E-state index contributed by atoms with van der Waals surface area (Å²) in [6.07, 6.45) is 0. The summed E-state index contributed by atoms with van der Waals surface area (Å²) in [4.78, 5) is 10.0. The lowest BCUT2D eigenvalue weighted by molar-refractivity contribution is 0.00578. The van der Waals surface area contributed by atoms with Gasteiger partial charge in [0, 0.05) is 26.0 Å². The highest BCUT2D eigenvalue weighted by Crippen LogP contribution is 2.41. The zero-order chi connectivity index (χ0) is 61.8. The van der Waals surface area contributed by atoms with Gasteiger partial charge in [0.2, 0.25) is 0 Å². The predicted octanol–water partition coefficient (Wildman–Crippen LogP) is 21.9. The normalized spacial score (nSPS) is 13.8. The third-order valence-corrected chi connectivity index (χ3v) is 19.8. The smallest absolute Gasteiger partial charge is 0.399 e. The number of halogens is 1. The molecule has 4 aromatic heterocycles. The molecular formula is C84H60BBrN4O2. The molecule has 19 rings (SSSR count). The van der Waals surface area contributed by atoms with Gasteiger partial charge in [0.1, 0.15) is 11.3 Å². The first kappa shape index (κ1) is 55.6. The van der Waals surface area contributed by atoms with Gasteiger partial charge in [0.25, 0.3) is 0 Å². The Balaban J connectivity index is 0.000000112.